The van der Waals surface area contributed by atoms with Gasteiger partial charge in [-0.2, -0.15) is 0 Å². The summed E-state index contributed by atoms with van der Waals surface area (Å²) in [5.41, 5.74) is 7.46. The Hall–Kier alpha value is -3.93. The van der Waals surface area contributed by atoms with Gasteiger partial charge in [0.2, 0.25) is 17.7 Å². The molecule has 3 atom stereocenters. The van der Waals surface area contributed by atoms with Crippen LogP contribution in [0.5, 0.6) is 0 Å². The number of aromatic nitrogens is 1. The van der Waals surface area contributed by atoms with Crippen LogP contribution in [0.3, 0.4) is 0 Å². The molecule has 0 aliphatic carbocycles. The number of aromatic amines is 1. The zero-order valence-corrected chi connectivity index (χ0v) is 19.0. The molecule has 3 amide bonds. The minimum atomic E-state index is -1.22. The molecule has 12 nitrogen and oxygen atoms in total. The minimum absolute atomic E-state index is 0.0558. The van der Waals surface area contributed by atoms with Crippen LogP contribution in [0.1, 0.15) is 31.2 Å². The van der Waals surface area contributed by atoms with Crippen molar-refractivity contribution < 1.29 is 34.2 Å². The summed E-state index contributed by atoms with van der Waals surface area (Å²) in [5.74, 6) is -4.04. The number of nitrogens with two attached hydrogens (primary N) is 1. The van der Waals surface area contributed by atoms with Gasteiger partial charge in [-0.15, -0.1) is 0 Å². The fourth-order valence-corrected chi connectivity index (χ4v) is 4.20. The number of nitrogens with one attached hydrogen (secondary N) is 3. The highest BCUT2D eigenvalue weighted by Gasteiger charge is 2.37. The average molecular weight is 488 g/mol. The molecule has 1 aromatic heterocycles. The number of aliphatic carboxylic acids is 2. The number of fused-ring (bicyclic) bond motifs is 1. The van der Waals surface area contributed by atoms with E-state index in [1.165, 1.54) is 4.90 Å². The van der Waals surface area contributed by atoms with E-state index in [0.717, 1.165) is 16.5 Å². The second-order valence-corrected chi connectivity index (χ2v) is 8.46. The summed E-state index contributed by atoms with van der Waals surface area (Å²) in [7, 11) is 0. The van der Waals surface area contributed by atoms with Crippen molar-refractivity contribution in [3.8, 4) is 0 Å². The molecule has 1 aliphatic heterocycles. The van der Waals surface area contributed by atoms with Crippen LogP contribution < -0.4 is 16.4 Å². The topological polar surface area (TPSA) is 195 Å². The molecule has 1 saturated heterocycles. The average Bonchev–Trinajstić information content (AvgIpc) is 3.47. The molecule has 1 aliphatic rings. The molecule has 3 unspecified atom stereocenters. The molecule has 7 N–H and O–H groups in total. The molecular weight excluding hydrogens is 458 g/mol. The highest BCUT2D eigenvalue weighted by Crippen LogP contribution is 2.21. The highest BCUT2D eigenvalue weighted by molar-refractivity contribution is 5.94. The molecule has 0 bridgehead atoms. The monoisotopic (exact) mass is 487 g/mol. The van der Waals surface area contributed by atoms with Crippen molar-refractivity contribution >= 4 is 40.6 Å². The molecule has 35 heavy (non-hydrogen) atoms. The van der Waals surface area contributed by atoms with E-state index in [1.807, 2.05) is 24.3 Å². The number of benzene rings is 1. The Morgan fingerprint density at radius 1 is 1.14 bits per heavy atom. The van der Waals surface area contributed by atoms with E-state index in [0.29, 0.717) is 12.8 Å². The Bertz CT molecular complexity index is 1110. The number of carboxylic acids is 2. The second kappa shape index (κ2) is 11.5. The number of amides is 3. The number of nitrogens with zero attached hydrogens (tertiary/aromatic N) is 1. The Morgan fingerprint density at radius 2 is 1.89 bits per heavy atom. The first-order valence-corrected chi connectivity index (χ1v) is 11.3. The third kappa shape index (κ3) is 6.57. The summed E-state index contributed by atoms with van der Waals surface area (Å²) in [6.45, 7) is -0.318. The largest absolute Gasteiger partial charge is 0.481 e. The van der Waals surface area contributed by atoms with Crippen LogP contribution in [0.2, 0.25) is 0 Å². The van der Waals surface area contributed by atoms with Crippen LogP contribution in [0.25, 0.3) is 10.9 Å². The maximum atomic E-state index is 13.1. The summed E-state index contributed by atoms with van der Waals surface area (Å²) in [4.78, 5) is 64.8. The van der Waals surface area contributed by atoms with Crippen molar-refractivity contribution in [1.29, 1.82) is 0 Å². The van der Waals surface area contributed by atoms with Gasteiger partial charge < -0.3 is 36.5 Å². The molecule has 0 radical (unpaired) electrons. The van der Waals surface area contributed by atoms with Crippen LogP contribution >= 0.6 is 0 Å². The standard InChI is InChI=1S/C23H29N5O7/c24-15(7-8-19(29)30)23(35)28-9-3-6-18(28)22(34)27-17(21(33)26-12-20(31)32)10-13-11-25-16-5-2-1-4-14(13)16/h1-2,4-5,11,15,17-18,25H,3,6-10,12,24H2,(H,26,33)(H,27,34)(H,29,30)(H,31,32). The first kappa shape index (κ1) is 25.7. The molecule has 0 saturated carbocycles. The molecule has 12 heteroatoms. The number of carbonyl (C=O) groups is 5. The molecule has 2 aromatic rings. The van der Waals surface area contributed by atoms with Gasteiger partial charge in [0.1, 0.15) is 18.6 Å². The number of hydrogen-bond acceptors (Lipinski definition) is 6. The summed E-state index contributed by atoms with van der Waals surface area (Å²) in [5, 5.41) is 23.6. The zero-order chi connectivity index (χ0) is 25.5. The van der Waals surface area contributed by atoms with Gasteiger partial charge in [-0.1, -0.05) is 18.2 Å². The Balaban J connectivity index is 1.74. The molecule has 188 valence electrons. The predicted molar refractivity (Wildman–Crippen MR) is 124 cm³/mol. The van der Waals surface area contributed by atoms with Crippen LogP contribution in [0, 0.1) is 0 Å². The normalized spacial score (nSPS) is 17.1. The van der Waals surface area contributed by atoms with E-state index in [4.69, 9.17) is 15.9 Å². The van der Waals surface area contributed by atoms with Crippen molar-refractivity contribution in [2.24, 2.45) is 5.73 Å². The SMILES string of the molecule is NC(CCC(=O)O)C(=O)N1CCCC1C(=O)NC(Cc1c[nH]c2ccccc12)C(=O)NCC(=O)O. The fourth-order valence-electron chi connectivity index (χ4n) is 4.20. The van der Waals surface area contributed by atoms with Crippen LogP contribution in [-0.2, 0) is 30.4 Å². The quantitative estimate of drug-likeness (QED) is 0.246. The number of carbonyl (C=O) groups excluding carboxylic acids is 3. The van der Waals surface area contributed by atoms with Gasteiger partial charge in [-0.25, -0.2) is 0 Å². The van der Waals surface area contributed by atoms with Crippen molar-refractivity contribution in [1.82, 2.24) is 20.5 Å². The van der Waals surface area contributed by atoms with Gasteiger partial charge in [0, 0.05) is 36.5 Å². The Morgan fingerprint density at radius 3 is 2.60 bits per heavy atom. The van der Waals surface area contributed by atoms with Gasteiger partial charge in [-0.05, 0) is 30.9 Å². The Labute approximate surface area is 200 Å². The lowest BCUT2D eigenvalue weighted by Crippen LogP contribution is -2.56. The van der Waals surface area contributed by atoms with Crippen molar-refractivity contribution in [3.05, 3.63) is 36.0 Å². The lowest BCUT2D eigenvalue weighted by molar-refractivity contribution is -0.142. The van der Waals surface area contributed by atoms with Crippen molar-refractivity contribution in [3.63, 3.8) is 0 Å². The second-order valence-electron chi connectivity index (χ2n) is 8.46. The summed E-state index contributed by atoms with van der Waals surface area (Å²) in [6.07, 6.45) is 2.41. The van der Waals surface area contributed by atoms with Crippen molar-refractivity contribution in [2.75, 3.05) is 13.1 Å². The van der Waals surface area contributed by atoms with E-state index >= 15 is 0 Å². The molecule has 1 aromatic carbocycles. The lowest BCUT2D eigenvalue weighted by atomic mass is 10.0. The van der Waals surface area contributed by atoms with E-state index < -0.39 is 54.3 Å². The summed E-state index contributed by atoms with van der Waals surface area (Å²) in [6, 6.07) is 4.43. The van der Waals surface area contributed by atoms with E-state index in [2.05, 4.69) is 15.6 Å². The summed E-state index contributed by atoms with van der Waals surface area (Å²) >= 11 is 0. The maximum Gasteiger partial charge on any atom is 0.322 e. The number of likely N-dealkylation sites (tertiary alicyclic amines) is 1. The smallest absolute Gasteiger partial charge is 0.322 e. The first-order chi connectivity index (χ1) is 16.7. The lowest BCUT2D eigenvalue weighted by Gasteiger charge is -2.28. The van der Waals surface area contributed by atoms with E-state index in [9.17, 15) is 24.0 Å². The van der Waals surface area contributed by atoms with Gasteiger partial charge in [-0.3, -0.25) is 24.0 Å². The third-order valence-corrected chi connectivity index (χ3v) is 5.97. The highest BCUT2D eigenvalue weighted by atomic mass is 16.4. The number of hydrogen-bond donors (Lipinski definition) is 6. The van der Waals surface area contributed by atoms with Crippen molar-refractivity contribution in [2.45, 2.75) is 50.2 Å². The fraction of sp³-hybridized carbons (Fsp3) is 0.435. The number of para-hydroxylation sites is 1. The van der Waals surface area contributed by atoms with Gasteiger partial charge in [0.25, 0.3) is 0 Å². The molecular formula is C23H29N5O7. The number of carboxylic acid groups (broad SMARTS) is 2. The third-order valence-electron chi connectivity index (χ3n) is 5.97. The van der Waals surface area contributed by atoms with E-state index in [-0.39, 0.29) is 25.8 Å². The predicted octanol–water partition coefficient (Wildman–Crippen LogP) is -0.421. The molecule has 3 rings (SSSR count). The van der Waals surface area contributed by atoms with Gasteiger partial charge >= 0.3 is 11.9 Å². The Kier molecular flexibility index (Phi) is 8.42. The van der Waals surface area contributed by atoms with Gasteiger partial charge in [0.05, 0.1) is 6.04 Å². The zero-order valence-electron chi connectivity index (χ0n) is 19.0. The maximum absolute atomic E-state index is 13.1. The minimum Gasteiger partial charge on any atom is -0.481 e. The van der Waals surface area contributed by atoms with Crippen LogP contribution in [0.4, 0.5) is 0 Å². The molecule has 2 heterocycles. The number of rotatable bonds is 11. The molecule has 1 fully saturated rings. The van der Waals surface area contributed by atoms with E-state index in [1.54, 1.807) is 6.20 Å². The first-order valence-electron chi connectivity index (χ1n) is 11.3. The van der Waals surface area contributed by atoms with Gasteiger partial charge in [0.15, 0.2) is 0 Å². The molecule has 0 spiro atoms. The number of H-pyrrole nitrogens is 1. The van der Waals surface area contributed by atoms with Crippen LogP contribution in [0.15, 0.2) is 30.5 Å². The van der Waals surface area contributed by atoms with Crippen LogP contribution in [-0.4, -0.2) is 81.0 Å². The summed E-state index contributed by atoms with van der Waals surface area (Å²) < 4.78 is 0.